The van der Waals surface area contributed by atoms with E-state index >= 15 is 0 Å². The Bertz CT molecular complexity index is 509. The van der Waals surface area contributed by atoms with Crippen LogP contribution < -0.4 is 10.5 Å². The average molecular weight is 326 g/mol. The van der Waals surface area contributed by atoms with Crippen LogP contribution >= 0.6 is 12.4 Å². The Kier molecular flexibility index (Phi) is 5.95. The van der Waals surface area contributed by atoms with E-state index < -0.39 is 0 Å². The normalized spacial score (nSPS) is 18.9. The van der Waals surface area contributed by atoms with Crippen molar-refractivity contribution in [2.24, 2.45) is 0 Å². The van der Waals surface area contributed by atoms with Crippen LogP contribution in [-0.4, -0.2) is 18.2 Å². The Morgan fingerprint density at radius 3 is 2.23 bits per heavy atom. The molecule has 0 aromatic heterocycles. The maximum Gasteiger partial charge on any atom is 0.340 e. The molecular formula is C17H24ClNO3. The molecule has 0 heterocycles. The number of nitrogen functional groups attached to an aromatic ring is 1. The second-order valence-electron chi connectivity index (χ2n) is 6.09. The first kappa shape index (κ1) is 16.9. The van der Waals surface area contributed by atoms with Crippen LogP contribution in [-0.2, 0) is 4.74 Å². The Balaban J connectivity index is 0.00000176. The highest BCUT2D eigenvalue weighted by Gasteiger charge is 2.22. The van der Waals surface area contributed by atoms with Gasteiger partial charge in [-0.3, -0.25) is 0 Å². The fourth-order valence-corrected chi connectivity index (χ4v) is 3.21. The van der Waals surface area contributed by atoms with E-state index in [0.29, 0.717) is 11.3 Å². The van der Waals surface area contributed by atoms with Crippen molar-refractivity contribution in [3.05, 3.63) is 23.8 Å². The number of rotatable bonds is 4. The molecule has 2 saturated carbocycles. The van der Waals surface area contributed by atoms with Gasteiger partial charge in [0.25, 0.3) is 0 Å². The van der Waals surface area contributed by atoms with Crippen LogP contribution in [0.15, 0.2) is 18.2 Å². The minimum atomic E-state index is -0.323. The molecule has 3 rings (SSSR count). The second-order valence-corrected chi connectivity index (χ2v) is 6.09. The number of esters is 1. The van der Waals surface area contributed by atoms with Crippen LogP contribution in [0.3, 0.4) is 0 Å². The Morgan fingerprint density at radius 1 is 1.00 bits per heavy atom. The van der Waals surface area contributed by atoms with Gasteiger partial charge < -0.3 is 15.2 Å². The lowest BCUT2D eigenvalue weighted by molar-refractivity contribution is 0.0318. The van der Waals surface area contributed by atoms with Crippen molar-refractivity contribution in [2.45, 2.75) is 63.6 Å². The predicted molar refractivity (Wildman–Crippen MR) is 88.7 cm³/mol. The Hall–Kier alpha value is -1.42. The lowest BCUT2D eigenvalue weighted by atomic mass is 10.1. The minimum absolute atomic E-state index is 0. The van der Waals surface area contributed by atoms with Crippen LogP contribution in [0, 0.1) is 0 Å². The van der Waals surface area contributed by atoms with Gasteiger partial charge >= 0.3 is 5.97 Å². The summed E-state index contributed by atoms with van der Waals surface area (Å²) >= 11 is 0. The molecule has 0 saturated heterocycles. The van der Waals surface area contributed by atoms with E-state index in [1.807, 2.05) is 6.07 Å². The standard InChI is InChI=1S/C17H23NO3.ClH/c18-16-10-9-14(20-12-5-1-2-6-12)11-15(16)17(19)21-13-7-3-4-8-13;/h9-13H,1-8,18H2;1H. The molecule has 1 aromatic carbocycles. The summed E-state index contributed by atoms with van der Waals surface area (Å²) in [5.74, 6) is 0.394. The molecule has 22 heavy (non-hydrogen) atoms. The highest BCUT2D eigenvalue weighted by atomic mass is 35.5. The first-order valence-electron chi connectivity index (χ1n) is 7.99. The van der Waals surface area contributed by atoms with Gasteiger partial charge in [-0.2, -0.15) is 0 Å². The lowest BCUT2D eigenvalue weighted by Crippen LogP contribution is -2.17. The van der Waals surface area contributed by atoms with Crippen molar-refractivity contribution < 1.29 is 14.3 Å². The molecule has 0 aliphatic heterocycles. The SMILES string of the molecule is Cl.Nc1ccc(OC2CCCC2)cc1C(=O)OC1CCCC1. The van der Waals surface area contributed by atoms with Crippen molar-refractivity contribution in [3.8, 4) is 5.75 Å². The molecule has 5 heteroatoms. The molecule has 0 atom stereocenters. The van der Waals surface area contributed by atoms with Crippen molar-refractivity contribution in [3.63, 3.8) is 0 Å². The number of nitrogens with two attached hydrogens (primary N) is 1. The smallest absolute Gasteiger partial charge is 0.340 e. The van der Waals surface area contributed by atoms with Gasteiger partial charge in [-0.15, -0.1) is 12.4 Å². The zero-order valence-electron chi connectivity index (χ0n) is 12.8. The van der Waals surface area contributed by atoms with Gasteiger partial charge in [0.15, 0.2) is 0 Å². The van der Waals surface area contributed by atoms with Gasteiger partial charge in [0, 0.05) is 5.69 Å². The summed E-state index contributed by atoms with van der Waals surface area (Å²) in [6.07, 6.45) is 9.14. The molecule has 4 nitrogen and oxygen atoms in total. The minimum Gasteiger partial charge on any atom is -0.490 e. The maximum absolute atomic E-state index is 12.3. The van der Waals surface area contributed by atoms with E-state index in [2.05, 4.69) is 0 Å². The van der Waals surface area contributed by atoms with E-state index in [1.54, 1.807) is 12.1 Å². The molecule has 0 amide bonds. The van der Waals surface area contributed by atoms with Crippen molar-refractivity contribution >= 4 is 24.1 Å². The highest BCUT2D eigenvalue weighted by Crippen LogP contribution is 2.28. The molecule has 0 spiro atoms. The average Bonchev–Trinajstić information content (AvgIpc) is 3.14. The summed E-state index contributed by atoms with van der Waals surface area (Å²) in [4.78, 5) is 12.3. The number of hydrogen-bond donors (Lipinski definition) is 1. The molecular weight excluding hydrogens is 302 g/mol. The van der Waals surface area contributed by atoms with Gasteiger partial charge in [-0.25, -0.2) is 4.79 Å². The summed E-state index contributed by atoms with van der Waals surface area (Å²) in [7, 11) is 0. The van der Waals surface area contributed by atoms with Gasteiger partial charge in [-0.05, 0) is 69.6 Å². The summed E-state index contributed by atoms with van der Waals surface area (Å²) < 4.78 is 11.5. The lowest BCUT2D eigenvalue weighted by Gasteiger charge is -2.16. The van der Waals surface area contributed by atoms with Crippen molar-refractivity contribution in [1.82, 2.24) is 0 Å². The third kappa shape index (κ3) is 4.07. The summed E-state index contributed by atoms with van der Waals surface area (Å²) in [5, 5.41) is 0. The Morgan fingerprint density at radius 2 is 1.59 bits per heavy atom. The summed E-state index contributed by atoms with van der Waals surface area (Å²) in [6.45, 7) is 0. The van der Waals surface area contributed by atoms with E-state index in [4.69, 9.17) is 15.2 Å². The van der Waals surface area contributed by atoms with Crippen LogP contribution in [0.2, 0.25) is 0 Å². The molecule has 2 aliphatic rings. The first-order valence-corrected chi connectivity index (χ1v) is 7.99. The fourth-order valence-electron chi connectivity index (χ4n) is 3.21. The van der Waals surface area contributed by atoms with Crippen LogP contribution in [0.1, 0.15) is 61.7 Å². The number of carbonyl (C=O) groups excluding carboxylic acids is 1. The molecule has 2 aliphatic carbocycles. The van der Waals surface area contributed by atoms with E-state index in [0.717, 1.165) is 44.3 Å². The summed E-state index contributed by atoms with van der Waals surface area (Å²) in [5.41, 5.74) is 6.80. The largest absolute Gasteiger partial charge is 0.490 e. The molecule has 0 radical (unpaired) electrons. The van der Waals surface area contributed by atoms with Gasteiger partial charge in [0.2, 0.25) is 0 Å². The third-order valence-corrected chi connectivity index (χ3v) is 4.43. The summed E-state index contributed by atoms with van der Waals surface area (Å²) in [6, 6.07) is 5.29. The van der Waals surface area contributed by atoms with Crippen molar-refractivity contribution in [1.29, 1.82) is 0 Å². The number of ether oxygens (including phenoxy) is 2. The predicted octanol–water partition coefficient (Wildman–Crippen LogP) is 4.11. The quantitative estimate of drug-likeness (QED) is 0.668. The number of benzene rings is 1. The molecule has 0 unspecified atom stereocenters. The van der Waals surface area contributed by atoms with Crippen LogP contribution in [0.25, 0.3) is 0 Å². The maximum atomic E-state index is 12.3. The topological polar surface area (TPSA) is 61.5 Å². The molecule has 2 fully saturated rings. The van der Waals surface area contributed by atoms with E-state index in [9.17, 15) is 4.79 Å². The highest BCUT2D eigenvalue weighted by molar-refractivity contribution is 5.95. The van der Waals surface area contributed by atoms with Gasteiger partial charge in [0.1, 0.15) is 11.9 Å². The fraction of sp³-hybridized carbons (Fsp3) is 0.588. The number of anilines is 1. The van der Waals surface area contributed by atoms with E-state index in [1.165, 1.54) is 12.8 Å². The number of hydrogen-bond acceptors (Lipinski definition) is 4. The second kappa shape index (κ2) is 7.73. The third-order valence-electron chi connectivity index (χ3n) is 4.43. The van der Waals surface area contributed by atoms with Gasteiger partial charge in [-0.1, -0.05) is 0 Å². The van der Waals surface area contributed by atoms with E-state index in [-0.39, 0.29) is 30.6 Å². The van der Waals surface area contributed by atoms with Gasteiger partial charge in [0.05, 0.1) is 11.7 Å². The first-order chi connectivity index (χ1) is 10.2. The monoisotopic (exact) mass is 325 g/mol. The zero-order chi connectivity index (χ0) is 14.7. The number of carbonyl (C=O) groups is 1. The molecule has 0 bridgehead atoms. The molecule has 2 N–H and O–H groups in total. The molecule has 1 aromatic rings. The van der Waals surface area contributed by atoms with Crippen molar-refractivity contribution in [2.75, 3.05) is 5.73 Å². The zero-order valence-corrected chi connectivity index (χ0v) is 13.6. The molecule has 122 valence electrons. The van der Waals surface area contributed by atoms with Crippen LogP contribution in [0.4, 0.5) is 5.69 Å². The Labute approximate surface area is 137 Å². The van der Waals surface area contributed by atoms with Crippen LogP contribution in [0.5, 0.6) is 5.75 Å². The number of halogens is 1.